The van der Waals surface area contributed by atoms with Gasteiger partial charge in [-0.3, -0.25) is 9.59 Å². The van der Waals surface area contributed by atoms with E-state index in [2.05, 4.69) is 0 Å². The van der Waals surface area contributed by atoms with Crippen LogP contribution >= 0.6 is 0 Å². The van der Waals surface area contributed by atoms with Gasteiger partial charge in [0.15, 0.2) is 5.78 Å². The molecule has 3 heteroatoms. The van der Waals surface area contributed by atoms with Crippen LogP contribution in [0.1, 0.15) is 58.3 Å². The summed E-state index contributed by atoms with van der Waals surface area (Å²) in [7, 11) is 0. The first-order chi connectivity index (χ1) is 9.03. The number of carbonyl (C=O) groups is 2. The number of hydrogen-bond donors (Lipinski definition) is 0. The van der Waals surface area contributed by atoms with Gasteiger partial charge < -0.3 is 4.74 Å². The fourth-order valence-electron chi connectivity index (χ4n) is 2.30. The van der Waals surface area contributed by atoms with Gasteiger partial charge in [0.05, 0.1) is 0 Å². The standard InChI is InChI=1S/C17H24O3/c1-12(18)14-7-9-15(10-8-14)20-17(5,6)11-16(3,4)13(2)19/h7-10H,11H2,1-6H3. The zero-order valence-electron chi connectivity index (χ0n) is 13.2. The van der Waals surface area contributed by atoms with Gasteiger partial charge in [-0.15, -0.1) is 0 Å². The van der Waals surface area contributed by atoms with E-state index >= 15 is 0 Å². The van der Waals surface area contributed by atoms with E-state index in [0.717, 1.165) is 0 Å². The molecule has 0 unspecified atom stereocenters. The van der Waals surface area contributed by atoms with Gasteiger partial charge in [-0.25, -0.2) is 0 Å². The Hall–Kier alpha value is -1.64. The summed E-state index contributed by atoms with van der Waals surface area (Å²) in [6.07, 6.45) is 0.629. The Labute approximate surface area is 121 Å². The van der Waals surface area contributed by atoms with Crippen LogP contribution < -0.4 is 4.74 Å². The summed E-state index contributed by atoms with van der Waals surface area (Å²) in [6.45, 7) is 10.9. The Balaban J connectivity index is 2.80. The van der Waals surface area contributed by atoms with E-state index in [4.69, 9.17) is 4.74 Å². The highest BCUT2D eigenvalue weighted by molar-refractivity contribution is 5.94. The number of hydrogen-bond acceptors (Lipinski definition) is 3. The molecule has 1 aromatic rings. The first-order valence-corrected chi connectivity index (χ1v) is 6.84. The average molecular weight is 276 g/mol. The number of Topliss-reactive ketones (excluding diaryl/α,β-unsaturated/α-hetero) is 2. The van der Waals surface area contributed by atoms with Crippen molar-refractivity contribution in [3.63, 3.8) is 0 Å². The number of benzene rings is 1. The summed E-state index contributed by atoms with van der Waals surface area (Å²) < 4.78 is 5.96. The van der Waals surface area contributed by atoms with Gasteiger partial charge in [0.2, 0.25) is 0 Å². The molecule has 110 valence electrons. The highest BCUT2D eigenvalue weighted by Gasteiger charge is 2.33. The van der Waals surface area contributed by atoms with Crippen LogP contribution in [0.15, 0.2) is 24.3 Å². The second-order valence-electron chi connectivity index (χ2n) is 6.56. The van der Waals surface area contributed by atoms with Gasteiger partial charge >= 0.3 is 0 Å². The normalized spacial score (nSPS) is 12.1. The molecule has 1 rings (SSSR count). The third kappa shape index (κ3) is 4.48. The molecule has 3 nitrogen and oxygen atoms in total. The quantitative estimate of drug-likeness (QED) is 0.736. The third-order valence-corrected chi connectivity index (χ3v) is 3.48. The lowest BCUT2D eigenvalue weighted by molar-refractivity contribution is -0.127. The molecule has 0 aliphatic carbocycles. The number of ether oxygens (including phenoxy) is 1. The molecule has 0 amide bonds. The molecule has 0 atom stereocenters. The minimum Gasteiger partial charge on any atom is -0.488 e. The lowest BCUT2D eigenvalue weighted by Gasteiger charge is -2.33. The maximum absolute atomic E-state index is 11.6. The minimum atomic E-state index is -0.451. The lowest BCUT2D eigenvalue weighted by atomic mass is 9.79. The number of carbonyl (C=O) groups excluding carboxylic acids is 2. The molecule has 0 aromatic heterocycles. The van der Waals surface area contributed by atoms with Crippen molar-refractivity contribution < 1.29 is 14.3 Å². The minimum absolute atomic E-state index is 0.0357. The molecule has 0 heterocycles. The van der Waals surface area contributed by atoms with Crippen LogP contribution in [0, 0.1) is 5.41 Å². The summed E-state index contributed by atoms with van der Waals surface area (Å²) >= 11 is 0. The highest BCUT2D eigenvalue weighted by atomic mass is 16.5. The number of rotatable bonds is 6. The highest BCUT2D eigenvalue weighted by Crippen LogP contribution is 2.32. The molecule has 0 bridgehead atoms. The van der Waals surface area contributed by atoms with Crippen molar-refractivity contribution in [2.75, 3.05) is 0 Å². The molecule has 0 spiro atoms. The van der Waals surface area contributed by atoms with Crippen molar-refractivity contribution in [2.45, 2.75) is 53.6 Å². The van der Waals surface area contributed by atoms with Crippen LogP contribution in [0.5, 0.6) is 5.75 Å². The van der Waals surface area contributed by atoms with E-state index in [1.165, 1.54) is 6.92 Å². The van der Waals surface area contributed by atoms with Gasteiger partial charge in [0, 0.05) is 11.0 Å². The topological polar surface area (TPSA) is 43.4 Å². The van der Waals surface area contributed by atoms with E-state index in [-0.39, 0.29) is 11.6 Å². The zero-order chi connectivity index (χ0) is 15.6. The van der Waals surface area contributed by atoms with Gasteiger partial charge in [0.1, 0.15) is 17.1 Å². The second kappa shape index (κ2) is 5.78. The summed E-state index contributed by atoms with van der Waals surface area (Å²) in [6, 6.07) is 7.09. The molecule has 0 saturated carbocycles. The molecular weight excluding hydrogens is 252 g/mol. The van der Waals surface area contributed by atoms with Gasteiger partial charge in [-0.2, -0.15) is 0 Å². The summed E-state index contributed by atoms with van der Waals surface area (Å²) in [5, 5.41) is 0. The molecule has 20 heavy (non-hydrogen) atoms. The average Bonchev–Trinajstić information content (AvgIpc) is 2.27. The van der Waals surface area contributed by atoms with Crippen molar-refractivity contribution in [2.24, 2.45) is 5.41 Å². The van der Waals surface area contributed by atoms with Gasteiger partial charge in [-0.05, 0) is 58.4 Å². The molecule has 0 N–H and O–H groups in total. The molecule has 0 radical (unpaired) electrons. The van der Waals surface area contributed by atoms with Gasteiger partial charge in [-0.1, -0.05) is 13.8 Å². The third-order valence-electron chi connectivity index (χ3n) is 3.48. The van der Waals surface area contributed by atoms with E-state index in [1.807, 2.05) is 27.7 Å². The molecular formula is C17H24O3. The molecule has 0 fully saturated rings. The molecule has 1 aromatic carbocycles. The SMILES string of the molecule is CC(=O)c1ccc(OC(C)(C)CC(C)(C)C(C)=O)cc1. The summed E-state index contributed by atoms with van der Waals surface area (Å²) in [4.78, 5) is 22.8. The fourth-order valence-corrected chi connectivity index (χ4v) is 2.30. The molecule has 0 saturated heterocycles. The van der Waals surface area contributed by atoms with E-state index < -0.39 is 11.0 Å². The van der Waals surface area contributed by atoms with E-state index in [9.17, 15) is 9.59 Å². The Morgan fingerprint density at radius 2 is 1.50 bits per heavy atom. The van der Waals surface area contributed by atoms with Crippen LogP contribution in [0.2, 0.25) is 0 Å². The first-order valence-electron chi connectivity index (χ1n) is 6.84. The van der Waals surface area contributed by atoms with E-state index in [0.29, 0.717) is 17.7 Å². The van der Waals surface area contributed by atoms with Crippen molar-refractivity contribution >= 4 is 11.6 Å². The van der Waals surface area contributed by atoms with Crippen LogP contribution in [0.3, 0.4) is 0 Å². The van der Waals surface area contributed by atoms with Crippen molar-refractivity contribution in [1.82, 2.24) is 0 Å². The predicted octanol–water partition coefficient (Wildman–Crippen LogP) is 4.05. The predicted molar refractivity (Wildman–Crippen MR) is 80.2 cm³/mol. The van der Waals surface area contributed by atoms with Gasteiger partial charge in [0.25, 0.3) is 0 Å². The Bertz CT molecular complexity index is 495. The Morgan fingerprint density at radius 3 is 1.90 bits per heavy atom. The number of ketones is 2. The van der Waals surface area contributed by atoms with Crippen molar-refractivity contribution in [1.29, 1.82) is 0 Å². The monoisotopic (exact) mass is 276 g/mol. The largest absolute Gasteiger partial charge is 0.488 e. The van der Waals surface area contributed by atoms with Crippen LogP contribution in [0.25, 0.3) is 0 Å². The smallest absolute Gasteiger partial charge is 0.159 e. The van der Waals surface area contributed by atoms with E-state index in [1.54, 1.807) is 31.2 Å². The zero-order valence-corrected chi connectivity index (χ0v) is 13.2. The Kier molecular flexibility index (Phi) is 4.74. The molecule has 0 aliphatic heterocycles. The maximum Gasteiger partial charge on any atom is 0.159 e. The summed E-state index contributed by atoms with van der Waals surface area (Å²) in [5.74, 6) is 0.897. The first kappa shape index (κ1) is 16.4. The lowest BCUT2D eigenvalue weighted by Crippen LogP contribution is -2.37. The second-order valence-corrected chi connectivity index (χ2v) is 6.56. The van der Waals surface area contributed by atoms with Crippen molar-refractivity contribution in [3.05, 3.63) is 29.8 Å². The van der Waals surface area contributed by atoms with Crippen LogP contribution in [0.4, 0.5) is 0 Å². The fraction of sp³-hybridized carbons (Fsp3) is 0.529. The maximum atomic E-state index is 11.6. The van der Waals surface area contributed by atoms with Crippen molar-refractivity contribution in [3.8, 4) is 5.75 Å². The summed E-state index contributed by atoms with van der Waals surface area (Å²) in [5.41, 5.74) is -0.199. The molecule has 0 aliphatic rings. The Morgan fingerprint density at radius 1 is 1.00 bits per heavy atom. The van der Waals surface area contributed by atoms with Crippen LogP contribution in [-0.2, 0) is 4.79 Å². The van der Waals surface area contributed by atoms with Crippen LogP contribution in [-0.4, -0.2) is 17.2 Å².